The number of nitrogens with zero attached hydrogens (tertiary/aromatic N) is 8. The van der Waals surface area contributed by atoms with Gasteiger partial charge in [-0.05, 0) is 98.9 Å². The van der Waals surface area contributed by atoms with Gasteiger partial charge in [0, 0.05) is 74.8 Å². The lowest BCUT2D eigenvalue weighted by Gasteiger charge is -2.41. The molecule has 27 heteroatoms. The Morgan fingerprint density at radius 2 is 1.28 bits per heavy atom. The van der Waals surface area contributed by atoms with Crippen LogP contribution in [0.1, 0.15) is 129 Å². The summed E-state index contributed by atoms with van der Waals surface area (Å²) in [5.41, 5.74) is -2.34. The predicted molar refractivity (Wildman–Crippen MR) is 336 cm³/mol. The van der Waals surface area contributed by atoms with E-state index < -0.39 is 173 Å². The molecular formula is C65H94ClF4N11O11. The molecule has 1 unspecified atom stereocenters. The largest absolute Gasteiger partial charge is 0.417 e. The molecule has 22 nitrogen and oxygen atoms in total. The summed E-state index contributed by atoms with van der Waals surface area (Å²) in [6, 6.07) is 0.227. The van der Waals surface area contributed by atoms with Crippen LogP contribution < -0.4 is 16.0 Å². The van der Waals surface area contributed by atoms with Gasteiger partial charge >= 0.3 is 6.18 Å². The summed E-state index contributed by atoms with van der Waals surface area (Å²) < 4.78 is 56.7. The molecule has 11 amide bonds. The van der Waals surface area contributed by atoms with Crippen LogP contribution in [0, 0.1) is 23.6 Å². The van der Waals surface area contributed by atoms with Crippen molar-refractivity contribution >= 4 is 76.6 Å². The highest BCUT2D eigenvalue weighted by Gasteiger charge is 2.50. The highest BCUT2D eigenvalue weighted by Crippen LogP contribution is 2.36. The Kier molecular flexibility index (Phi) is 26.6. The molecule has 0 radical (unpaired) electrons. The molecule has 510 valence electrons. The van der Waals surface area contributed by atoms with Crippen LogP contribution in [-0.4, -0.2) is 228 Å². The van der Waals surface area contributed by atoms with E-state index in [2.05, 4.69) is 16.0 Å². The monoisotopic (exact) mass is 1320 g/mol. The molecule has 0 bridgehead atoms. The zero-order chi connectivity index (χ0) is 69.0. The molecule has 2 heterocycles. The number of hydrogen-bond acceptors (Lipinski definition) is 11. The normalized spacial score (nSPS) is 24.9. The van der Waals surface area contributed by atoms with Crippen molar-refractivity contribution < 1.29 is 70.3 Å². The maximum atomic E-state index is 15.4. The van der Waals surface area contributed by atoms with E-state index in [9.17, 15) is 61.1 Å². The number of fused-ring (bicyclic) bond motifs is 1. The minimum Gasteiger partial charge on any atom is -0.343 e. The Bertz CT molecular complexity index is 3040. The minimum atomic E-state index is -4.77. The number of hydrogen-bond donors (Lipinski definition) is 3. The molecule has 3 aliphatic rings. The summed E-state index contributed by atoms with van der Waals surface area (Å²) in [4.78, 5) is 169. The van der Waals surface area contributed by atoms with E-state index in [-0.39, 0.29) is 68.5 Å². The first-order chi connectivity index (χ1) is 43.0. The van der Waals surface area contributed by atoms with E-state index in [4.69, 9.17) is 11.6 Å². The van der Waals surface area contributed by atoms with Gasteiger partial charge in [0.25, 0.3) is 0 Å². The van der Waals surface area contributed by atoms with Crippen LogP contribution in [0.5, 0.6) is 0 Å². The van der Waals surface area contributed by atoms with Gasteiger partial charge in [0.2, 0.25) is 65.0 Å². The third kappa shape index (κ3) is 18.7. The summed E-state index contributed by atoms with van der Waals surface area (Å²) in [7, 11) is 9.59. The molecule has 3 N–H and O–H groups in total. The Labute approximate surface area is 542 Å². The average molecular weight is 1320 g/mol. The minimum absolute atomic E-state index is 0.0132. The highest BCUT2D eigenvalue weighted by molar-refractivity contribution is 6.31. The van der Waals surface area contributed by atoms with Crippen LogP contribution in [0.15, 0.2) is 42.5 Å². The first-order valence-corrected chi connectivity index (χ1v) is 31.9. The van der Waals surface area contributed by atoms with Crippen molar-refractivity contribution in [3.05, 3.63) is 70.0 Å². The van der Waals surface area contributed by atoms with E-state index >= 15 is 9.18 Å². The number of aryl methyl sites for hydroxylation is 1. The van der Waals surface area contributed by atoms with E-state index in [1.165, 1.54) is 93.2 Å². The molecule has 8 atom stereocenters. The summed E-state index contributed by atoms with van der Waals surface area (Å²) in [6.45, 7) is 10.5. The van der Waals surface area contributed by atoms with E-state index in [1.54, 1.807) is 27.7 Å². The molecule has 1 aliphatic carbocycles. The van der Waals surface area contributed by atoms with Gasteiger partial charge in [-0.1, -0.05) is 96.7 Å². The molecule has 1 saturated carbocycles. The fourth-order valence-corrected chi connectivity index (χ4v) is 12.6. The van der Waals surface area contributed by atoms with Crippen LogP contribution >= 0.6 is 11.6 Å². The van der Waals surface area contributed by atoms with E-state index in [0.29, 0.717) is 25.7 Å². The van der Waals surface area contributed by atoms with Gasteiger partial charge in [-0.3, -0.25) is 52.7 Å². The molecule has 92 heavy (non-hydrogen) atoms. The quantitative estimate of drug-likeness (QED) is 0.270. The second kappa shape index (κ2) is 32.5. The molecule has 2 aliphatic heterocycles. The first kappa shape index (κ1) is 75.3. The SMILES string of the molecule is CC[C@H](C)[C@@H]1NC(=O)[C@H](CC(C)C)N(C)C(=O)C[C@@H](C)N(C)C(=O)[C@H](C(C)C)N(C)C(=O)C2(CCCC2)NC(=O)C2CCCN2C(=O)[C@H](CCc2ccc(C(F)(F)F)c(Cl)c2)NC(=O)CN(C)C(=O)[C@H](Cc2ccccc2F)N(C)C(=O)CN(C)C(=O)CN(C)C1=O. The topological polar surface area (TPSA) is 250 Å². The van der Waals surface area contributed by atoms with Crippen LogP contribution in [0.2, 0.25) is 5.02 Å². The fraction of sp³-hybridized carbons (Fsp3) is 0.646. The third-order valence-electron chi connectivity index (χ3n) is 18.3. The second-order valence-electron chi connectivity index (χ2n) is 26.0. The number of likely N-dealkylation sites (N-methyl/N-ethyl adjacent to an activating group) is 7. The number of carbonyl (C=O) groups is 11. The van der Waals surface area contributed by atoms with Crippen molar-refractivity contribution in [2.24, 2.45) is 17.8 Å². The van der Waals surface area contributed by atoms with Crippen molar-refractivity contribution in [2.75, 3.05) is 75.5 Å². The smallest absolute Gasteiger partial charge is 0.343 e. The maximum absolute atomic E-state index is 15.4. The molecular weight excluding hydrogens is 1220 g/mol. The zero-order valence-electron chi connectivity index (χ0n) is 55.6. The molecule has 0 aromatic heterocycles. The van der Waals surface area contributed by atoms with Crippen molar-refractivity contribution in [1.29, 1.82) is 0 Å². The number of carbonyl (C=O) groups excluding carboxylic acids is 11. The summed E-state index contributed by atoms with van der Waals surface area (Å²) in [5, 5.41) is 7.91. The van der Waals surface area contributed by atoms with Gasteiger partial charge < -0.3 is 55.1 Å². The van der Waals surface area contributed by atoms with Crippen LogP contribution in [0.25, 0.3) is 0 Å². The van der Waals surface area contributed by atoms with Crippen LogP contribution in [0.3, 0.4) is 0 Å². The van der Waals surface area contributed by atoms with Gasteiger partial charge in [0.05, 0.1) is 30.2 Å². The van der Waals surface area contributed by atoms with Crippen molar-refractivity contribution in [2.45, 2.75) is 180 Å². The fourth-order valence-electron chi connectivity index (χ4n) is 12.3. The Hall–Kier alpha value is -7.38. The Morgan fingerprint density at radius 1 is 0.674 bits per heavy atom. The third-order valence-corrected chi connectivity index (χ3v) is 18.6. The number of nitrogens with one attached hydrogen (secondary N) is 3. The van der Waals surface area contributed by atoms with Gasteiger partial charge in [-0.25, -0.2) is 4.39 Å². The first-order valence-electron chi connectivity index (χ1n) is 31.6. The number of amides is 11. The van der Waals surface area contributed by atoms with Crippen LogP contribution in [0.4, 0.5) is 17.6 Å². The van der Waals surface area contributed by atoms with Gasteiger partial charge in [-0.2, -0.15) is 13.2 Å². The molecule has 2 aromatic rings. The molecule has 2 saturated heterocycles. The molecule has 5 rings (SSSR count). The second-order valence-corrected chi connectivity index (χ2v) is 26.4. The summed E-state index contributed by atoms with van der Waals surface area (Å²) in [5.74, 6) is -9.42. The Morgan fingerprint density at radius 3 is 1.87 bits per heavy atom. The number of rotatable bonds is 10. The van der Waals surface area contributed by atoms with Gasteiger partial charge in [-0.15, -0.1) is 0 Å². The standard InChI is InChI=1S/C65H94ClF4N11O11/c1-15-40(6)55-61(90)76(10)36-53(84)74(8)37-54(85)79(13)50(34-43-21-16-17-22-46(43)67)60(89)75(9)35-51(82)71-47(27-25-42-24-26-44(45(66)33-42)65(68,69)70)59(88)81-30-20-23-48(81)58(87)73-64(28-18-19-29-64)63(92)80(14)56(39(4)5)62(91)77(11)41(7)32-52(83)78(12)49(31-38(2)3)57(86)72-55/h16-17,21-22,24,26,33,38-41,47-50,55-56H,15,18-20,23,25,27-32,34-37H2,1-14H3,(H,71,82)(H,72,86)(H,73,87)/t40-,41+,47-,48?,49-,50-,55-,56-/m0/s1. The highest BCUT2D eigenvalue weighted by atomic mass is 35.5. The lowest BCUT2D eigenvalue weighted by Crippen LogP contribution is -2.64. The van der Waals surface area contributed by atoms with Crippen molar-refractivity contribution in [1.82, 2.24) is 55.1 Å². The van der Waals surface area contributed by atoms with Crippen molar-refractivity contribution in [3.8, 4) is 0 Å². The number of halogens is 5. The van der Waals surface area contributed by atoms with Gasteiger partial charge in [0.1, 0.15) is 47.6 Å². The zero-order valence-corrected chi connectivity index (χ0v) is 56.3. The van der Waals surface area contributed by atoms with E-state index in [0.717, 1.165) is 37.8 Å². The average Bonchev–Trinajstić information content (AvgIpc) is 1.59. The summed E-state index contributed by atoms with van der Waals surface area (Å²) >= 11 is 6.09. The molecule has 2 aromatic carbocycles. The van der Waals surface area contributed by atoms with Gasteiger partial charge in [0.15, 0.2) is 0 Å². The lowest BCUT2D eigenvalue weighted by molar-refractivity contribution is -0.152. The lowest BCUT2D eigenvalue weighted by atomic mass is 9.91. The predicted octanol–water partition coefficient (Wildman–Crippen LogP) is 4.92. The maximum Gasteiger partial charge on any atom is 0.417 e. The Balaban J connectivity index is 1.58. The molecule has 1 spiro atoms. The van der Waals surface area contributed by atoms with Crippen molar-refractivity contribution in [3.63, 3.8) is 0 Å². The number of alkyl halides is 3. The van der Waals surface area contributed by atoms with Crippen LogP contribution in [-0.2, 0) is 71.8 Å². The molecule has 3 fully saturated rings. The van der Waals surface area contributed by atoms with E-state index in [1.807, 2.05) is 20.8 Å². The summed E-state index contributed by atoms with van der Waals surface area (Å²) in [6.07, 6.45) is -3.36. The number of benzene rings is 2.